The molecule has 0 nitrogen and oxygen atoms in total. The Morgan fingerprint density at radius 2 is 0.944 bits per heavy atom. The number of hydrogen-bond acceptors (Lipinski definition) is 0. The lowest BCUT2D eigenvalue weighted by molar-refractivity contribution is 0.0642. The summed E-state index contributed by atoms with van der Waals surface area (Å²) in [5.41, 5.74) is 1.47. The number of hydrogen-bond donors (Lipinski definition) is 0. The van der Waals surface area contributed by atoms with Crippen LogP contribution in [-0.4, -0.2) is 0 Å². The molecule has 0 radical (unpaired) electrons. The quantitative estimate of drug-likeness (QED) is 0.429. The third-order valence-corrected chi connectivity index (χ3v) is 4.58. The van der Waals surface area contributed by atoms with E-state index in [0.29, 0.717) is 5.41 Å². The van der Waals surface area contributed by atoms with Crippen molar-refractivity contribution < 1.29 is 0 Å². The monoisotopic (exact) mass is 256 g/mol. The second-order valence-electron chi connectivity index (χ2n) is 6.22. The molecular weight excluding hydrogens is 216 g/mol. The highest BCUT2D eigenvalue weighted by Gasteiger charge is 2.38. The molecule has 0 bridgehead atoms. The lowest BCUT2D eigenvalue weighted by Gasteiger charge is -2.46. The Kier molecular flexibility index (Phi) is 11.1. The summed E-state index contributed by atoms with van der Waals surface area (Å²) in [4.78, 5) is 0. The second kappa shape index (κ2) is 9.87. The Bertz CT molecular complexity index is 160. The van der Waals surface area contributed by atoms with E-state index >= 15 is 0 Å². The molecule has 0 heterocycles. The fraction of sp³-hybridized carbons (Fsp3) is 1.00. The summed E-state index contributed by atoms with van der Waals surface area (Å²) in [5, 5.41) is 0. The maximum Gasteiger partial charge on any atom is -0.0297 e. The van der Waals surface area contributed by atoms with Crippen molar-refractivity contribution in [2.24, 2.45) is 10.8 Å². The molecule has 0 saturated heterocycles. The molecule has 2 aliphatic rings. The molecule has 2 fully saturated rings. The van der Waals surface area contributed by atoms with Gasteiger partial charge in [-0.1, -0.05) is 68.2 Å². The van der Waals surface area contributed by atoms with Crippen LogP contribution in [0, 0.1) is 10.8 Å². The van der Waals surface area contributed by atoms with Gasteiger partial charge in [0.2, 0.25) is 0 Å². The highest BCUT2D eigenvalue weighted by atomic mass is 14.4. The van der Waals surface area contributed by atoms with Crippen molar-refractivity contribution in [1.29, 1.82) is 0 Å². The van der Waals surface area contributed by atoms with E-state index in [-0.39, 0.29) is 7.43 Å². The van der Waals surface area contributed by atoms with Crippen molar-refractivity contribution in [3.63, 3.8) is 0 Å². The Balaban J connectivity index is 0. The maximum atomic E-state index is 2.45. The van der Waals surface area contributed by atoms with Crippen molar-refractivity contribution in [1.82, 2.24) is 0 Å². The van der Waals surface area contributed by atoms with Crippen LogP contribution < -0.4 is 0 Å². The normalized spacial score (nSPS) is 23.7. The van der Waals surface area contributed by atoms with Gasteiger partial charge in [0.05, 0.1) is 0 Å². The fourth-order valence-corrected chi connectivity index (χ4v) is 3.26. The summed E-state index contributed by atoms with van der Waals surface area (Å²) in [6, 6.07) is 0. The van der Waals surface area contributed by atoms with E-state index in [1.165, 1.54) is 44.9 Å². The molecule has 0 aromatic carbocycles. The van der Waals surface area contributed by atoms with Crippen molar-refractivity contribution >= 4 is 0 Å². The van der Waals surface area contributed by atoms with Gasteiger partial charge in [0.15, 0.2) is 0 Å². The lowest BCUT2D eigenvalue weighted by Crippen LogP contribution is -2.32. The van der Waals surface area contributed by atoms with E-state index < -0.39 is 0 Å². The first kappa shape index (κ1) is 20.3. The molecule has 0 N–H and O–H groups in total. The van der Waals surface area contributed by atoms with Gasteiger partial charge in [-0.05, 0) is 49.4 Å². The van der Waals surface area contributed by atoms with Gasteiger partial charge in [0.25, 0.3) is 0 Å². The highest BCUT2D eigenvalue weighted by molar-refractivity contribution is 4.90. The van der Waals surface area contributed by atoms with E-state index in [2.05, 4.69) is 13.8 Å². The fourth-order valence-electron chi connectivity index (χ4n) is 3.26. The Morgan fingerprint density at radius 3 is 1.33 bits per heavy atom. The molecule has 112 valence electrons. The molecule has 18 heavy (non-hydrogen) atoms. The minimum Gasteiger partial charge on any atom is -0.0776 e. The Hall–Kier alpha value is 0. The summed E-state index contributed by atoms with van der Waals surface area (Å²) in [5.74, 6) is 0. The van der Waals surface area contributed by atoms with E-state index in [4.69, 9.17) is 0 Å². The van der Waals surface area contributed by atoms with Crippen LogP contribution in [0.3, 0.4) is 0 Å². The van der Waals surface area contributed by atoms with E-state index in [1.807, 2.05) is 27.7 Å². The minimum atomic E-state index is 0. The van der Waals surface area contributed by atoms with Crippen molar-refractivity contribution in [3.05, 3.63) is 0 Å². The van der Waals surface area contributed by atoms with E-state index in [1.54, 1.807) is 12.8 Å². The van der Waals surface area contributed by atoms with E-state index in [0.717, 1.165) is 5.41 Å². The first-order valence-corrected chi connectivity index (χ1v) is 8.12. The predicted octanol–water partition coefficient (Wildman–Crippen LogP) is 7.23. The molecule has 0 amide bonds. The maximum absolute atomic E-state index is 2.45. The SMILES string of the molecule is C.CC.CC.CC1(C)CCC2(CCCCC2)CC1. The third kappa shape index (κ3) is 6.25. The first-order chi connectivity index (χ1) is 8.12. The van der Waals surface area contributed by atoms with Crippen molar-refractivity contribution in [2.45, 2.75) is 107 Å². The van der Waals surface area contributed by atoms with Crippen LogP contribution in [0.4, 0.5) is 0 Å². The highest BCUT2D eigenvalue weighted by Crippen LogP contribution is 2.52. The van der Waals surface area contributed by atoms with Gasteiger partial charge in [-0.2, -0.15) is 0 Å². The Morgan fingerprint density at radius 1 is 0.556 bits per heavy atom. The number of rotatable bonds is 0. The minimum absolute atomic E-state index is 0. The molecule has 0 aromatic rings. The molecular formula is C18H40. The predicted molar refractivity (Wildman–Crippen MR) is 87.2 cm³/mol. The molecule has 2 saturated carbocycles. The average Bonchev–Trinajstić information content (AvgIpc) is 2.40. The topological polar surface area (TPSA) is 0 Å². The molecule has 1 spiro atoms. The molecule has 2 aliphatic carbocycles. The summed E-state index contributed by atoms with van der Waals surface area (Å²) >= 11 is 0. The molecule has 0 aliphatic heterocycles. The van der Waals surface area contributed by atoms with Crippen molar-refractivity contribution in [2.75, 3.05) is 0 Å². The van der Waals surface area contributed by atoms with Crippen LogP contribution in [0.25, 0.3) is 0 Å². The largest absolute Gasteiger partial charge is 0.0776 e. The van der Waals surface area contributed by atoms with Gasteiger partial charge in [-0.15, -0.1) is 0 Å². The van der Waals surface area contributed by atoms with E-state index in [9.17, 15) is 0 Å². The van der Waals surface area contributed by atoms with Crippen LogP contribution in [-0.2, 0) is 0 Å². The van der Waals surface area contributed by atoms with Crippen LogP contribution >= 0.6 is 0 Å². The van der Waals surface area contributed by atoms with Crippen LogP contribution in [0.15, 0.2) is 0 Å². The van der Waals surface area contributed by atoms with Gasteiger partial charge >= 0.3 is 0 Å². The first-order valence-electron chi connectivity index (χ1n) is 8.12. The van der Waals surface area contributed by atoms with Gasteiger partial charge in [0, 0.05) is 0 Å². The van der Waals surface area contributed by atoms with Gasteiger partial charge in [-0.25, -0.2) is 0 Å². The average molecular weight is 257 g/mol. The van der Waals surface area contributed by atoms with Gasteiger partial charge < -0.3 is 0 Å². The smallest absolute Gasteiger partial charge is 0.0297 e. The summed E-state index contributed by atoms with van der Waals surface area (Å²) < 4.78 is 0. The zero-order valence-electron chi connectivity index (χ0n) is 13.4. The molecule has 0 unspecified atom stereocenters. The molecule has 0 aromatic heterocycles. The summed E-state index contributed by atoms with van der Waals surface area (Å²) in [7, 11) is 0. The zero-order valence-corrected chi connectivity index (χ0v) is 13.4. The van der Waals surface area contributed by atoms with Crippen LogP contribution in [0.5, 0.6) is 0 Å². The lowest BCUT2D eigenvalue weighted by atomic mass is 9.60. The zero-order chi connectivity index (χ0) is 13.4. The summed E-state index contributed by atoms with van der Waals surface area (Å²) in [6.07, 6.45) is 13.6. The Labute approximate surface area is 118 Å². The molecule has 2 rings (SSSR count). The summed E-state index contributed by atoms with van der Waals surface area (Å²) in [6.45, 7) is 12.9. The van der Waals surface area contributed by atoms with Crippen LogP contribution in [0.1, 0.15) is 107 Å². The van der Waals surface area contributed by atoms with Crippen molar-refractivity contribution in [3.8, 4) is 0 Å². The van der Waals surface area contributed by atoms with Crippen LogP contribution in [0.2, 0.25) is 0 Å². The second-order valence-corrected chi connectivity index (χ2v) is 6.22. The van der Waals surface area contributed by atoms with Gasteiger partial charge in [0.1, 0.15) is 0 Å². The van der Waals surface area contributed by atoms with Gasteiger partial charge in [-0.3, -0.25) is 0 Å². The molecule has 0 atom stereocenters. The third-order valence-electron chi connectivity index (χ3n) is 4.58. The standard InChI is InChI=1S/C13H24.2C2H6.CH4/c1-12(2)8-10-13(11-9-12)6-4-3-5-7-13;2*1-2;/h3-11H2,1-2H3;2*1-2H3;1H4. The molecule has 0 heteroatoms.